The fourth-order valence-electron chi connectivity index (χ4n) is 1.81. The van der Waals surface area contributed by atoms with Crippen molar-refractivity contribution in [2.45, 2.75) is 13.2 Å². The number of phenolic OH excluding ortho intramolecular Hbond substituents is 1. The van der Waals surface area contributed by atoms with Gasteiger partial charge in [0.05, 0.1) is 5.56 Å². The third-order valence-corrected chi connectivity index (χ3v) is 3.00. The van der Waals surface area contributed by atoms with E-state index in [1.54, 1.807) is 36.4 Å². The minimum atomic E-state index is -1.67. The van der Waals surface area contributed by atoms with Crippen LogP contribution in [-0.4, -0.2) is 28.1 Å². The highest BCUT2D eigenvalue weighted by molar-refractivity contribution is 6.04. The molecular formula is C16H15NO4. The van der Waals surface area contributed by atoms with Crippen molar-refractivity contribution in [2.24, 2.45) is 0 Å². The molecule has 0 aliphatic heterocycles. The molecule has 0 heterocycles. The SMILES string of the molecule is Cc1ccc(C(=O)[C@H](O)NC(=O)c2ccccc2O)cc1. The van der Waals surface area contributed by atoms with Gasteiger partial charge in [-0.05, 0) is 19.1 Å². The van der Waals surface area contributed by atoms with Gasteiger partial charge >= 0.3 is 0 Å². The Kier molecular flexibility index (Phi) is 4.35. The lowest BCUT2D eigenvalue weighted by atomic mass is 10.1. The van der Waals surface area contributed by atoms with Crippen LogP contribution >= 0.6 is 0 Å². The molecule has 0 aliphatic carbocycles. The monoisotopic (exact) mass is 285 g/mol. The Hall–Kier alpha value is -2.66. The zero-order valence-corrected chi connectivity index (χ0v) is 11.4. The molecule has 0 bridgehead atoms. The highest BCUT2D eigenvalue weighted by Gasteiger charge is 2.21. The molecular weight excluding hydrogens is 270 g/mol. The van der Waals surface area contributed by atoms with Gasteiger partial charge < -0.3 is 15.5 Å². The molecule has 1 atom stereocenters. The zero-order valence-electron chi connectivity index (χ0n) is 11.4. The number of aliphatic hydroxyl groups is 1. The summed E-state index contributed by atoms with van der Waals surface area (Å²) in [6, 6.07) is 12.5. The Balaban J connectivity index is 2.09. The van der Waals surface area contributed by atoms with Crippen molar-refractivity contribution < 1.29 is 19.8 Å². The molecule has 2 aromatic rings. The molecule has 21 heavy (non-hydrogen) atoms. The smallest absolute Gasteiger partial charge is 0.257 e. The van der Waals surface area contributed by atoms with Crippen LogP contribution < -0.4 is 5.32 Å². The number of carbonyl (C=O) groups is 2. The lowest BCUT2D eigenvalue weighted by molar-refractivity contribution is 0.0606. The summed E-state index contributed by atoms with van der Waals surface area (Å²) in [5.41, 5.74) is 1.28. The van der Waals surface area contributed by atoms with Crippen molar-refractivity contribution in [3.63, 3.8) is 0 Å². The summed E-state index contributed by atoms with van der Waals surface area (Å²) in [7, 11) is 0. The summed E-state index contributed by atoms with van der Waals surface area (Å²) in [5, 5.41) is 21.5. The molecule has 2 aromatic carbocycles. The molecule has 3 N–H and O–H groups in total. The van der Waals surface area contributed by atoms with Gasteiger partial charge in [0.1, 0.15) is 5.75 Å². The minimum absolute atomic E-state index is 0.00624. The maximum Gasteiger partial charge on any atom is 0.257 e. The summed E-state index contributed by atoms with van der Waals surface area (Å²) >= 11 is 0. The number of nitrogens with one attached hydrogen (secondary N) is 1. The third-order valence-electron chi connectivity index (χ3n) is 3.00. The molecule has 0 fully saturated rings. The Labute approximate surface area is 121 Å². The van der Waals surface area contributed by atoms with E-state index in [2.05, 4.69) is 5.32 Å². The van der Waals surface area contributed by atoms with Crippen LogP contribution in [0.2, 0.25) is 0 Å². The van der Waals surface area contributed by atoms with Gasteiger partial charge in [0, 0.05) is 5.56 Å². The van der Waals surface area contributed by atoms with E-state index in [-0.39, 0.29) is 11.3 Å². The Bertz CT molecular complexity index is 664. The van der Waals surface area contributed by atoms with E-state index in [0.29, 0.717) is 5.56 Å². The Morgan fingerprint density at radius 1 is 1.05 bits per heavy atom. The first-order valence-electron chi connectivity index (χ1n) is 6.37. The quantitative estimate of drug-likeness (QED) is 0.588. The van der Waals surface area contributed by atoms with Crippen LogP contribution in [0.4, 0.5) is 0 Å². The van der Waals surface area contributed by atoms with Gasteiger partial charge in [0.25, 0.3) is 5.91 Å². The zero-order chi connectivity index (χ0) is 15.4. The van der Waals surface area contributed by atoms with Crippen molar-refractivity contribution in [1.82, 2.24) is 5.32 Å². The topological polar surface area (TPSA) is 86.6 Å². The van der Waals surface area contributed by atoms with E-state index in [1.165, 1.54) is 12.1 Å². The molecule has 108 valence electrons. The molecule has 0 spiro atoms. The number of carbonyl (C=O) groups excluding carboxylic acids is 2. The number of benzene rings is 2. The van der Waals surface area contributed by atoms with E-state index in [0.717, 1.165) is 5.56 Å². The van der Waals surface area contributed by atoms with Gasteiger partial charge in [-0.3, -0.25) is 9.59 Å². The first-order chi connectivity index (χ1) is 9.99. The maximum atomic E-state index is 12.0. The van der Waals surface area contributed by atoms with E-state index < -0.39 is 17.9 Å². The largest absolute Gasteiger partial charge is 0.507 e. The second kappa shape index (κ2) is 6.19. The van der Waals surface area contributed by atoms with Gasteiger partial charge in [-0.15, -0.1) is 0 Å². The average molecular weight is 285 g/mol. The number of Topliss-reactive ketones (excluding diaryl/α,β-unsaturated/α-hetero) is 1. The molecule has 5 heteroatoms. The summed E-state index contributed by atoms with van der Waals surface area (Å²) in [6.45, 7) is 1.88. The normalized spacial score (nSPS) is 11.7. The molecule has 2 rings (SSSR count). The van der Waals surface area contributed by atoms with Crippen molar-refractivity contribution in [3.05, 3.63) is 65.2 Å². The van der Waals surface area contributed by atoms with Gasteiger partial charge in [-0.2, -0.15) is 0 Å². The number of phenols is 1. The van der Waals surface area contributed by atoms with Gasteiger partial charge in [0.2, 0.25) is 5.78 Å². The molecule has 1 amide bonds. The van der Waals surface area contributed by atoms with Crippen LogP contribution in [0.5, 0.6) is 5.75 Å². The van der Waals surface area contributed by atoms with Crippen molar-refractivity contribution >= 4 is 11.7 Å². The lowest BCUT2D eigenvalue weighted by Gasteiger charge is -2.12. The number of aryl methyl sites for hydroxylation is 1. The average Bonchev–Trinajstić information content (AvgIpc) is 2.47. The summed E-state index contributed by atoms with van der Waals surface area (Å²) in [6.07, 6.45) is -1.67. The van der Waals surface area contributed by atoms with Gasteiger partial charge in [-0.25, -0.2) is 0 Å². The van der Waals surface area contributed by atoms with Crippen molar-refractivity contribution in [2.75, 3.05) is 0 Å². The van der Waals surface area contributed by atoms with Crippen LogP contribution in [0.15, 0.2) is 48.5 Å². The molecule has 0 saturated heterocycles. The highest BCUT2D eigenvalue weighted by atomic mass is 16.3. The predicted octanol–water partition coefficient (Wildman–Crippen LogP) is 1.63. The lowest BCUT2D eigenvalue weighted by Crippen LogP contribution is -2.40. The number of hydrogen-bond acceptors (Lipinski definition) is 4. The van der Waals surface area contributed by atoms with E-state index in [9.17, 15) is 19.8 Å². The van der Waals surface area contributed by atoms with Crippen molar-refractivity contribution in [3.8, 4) is 5.75 Å². The first-order valence-corrected chi connectivity index (χ1v) is 6.37. The van der Waals surface area contributed by atoms with Crippen LogP contribution in [0.1, 0.15) is 26.3 Å². The fraction of sp³-hybridized carbons (Fsp3) is 0.125. The fourth-order valence-corrected chi connectivity index (χ4v) is 1.81. The molecule has 0 aromatic heterocycles. The third kappa shape index (κ3) is 3.46. The van der Waals surface area contributed by atoms with Crippen LogP contribution in [0.25, 0.3) is 0 Å². The molecule has 5 nitrogen and oxygen atoms in total. The summed E-state index contributed by atoms with van der Waals surface area (Å²) < 4.78 is 0. The van der Waals surface area contributed by atoms with Crippen LogP contribution in [0.3, 0.4) is 0 Å². The molecule has 0 saturated carbocycles. The maximum absolute atomic E-state index is 12.0. The van der Waals surface area contributed by atoms with E-state index in [4.69, 9.17) is 0 Å². The number of aliphatic hydroxyl groups excluding tert-OH is 1. The van der Waals surface area contributed by atoms with Crippen LogP contribution in [-0.2, 0) is 0 Å². The predicted molar refractivity (Wildman–Crippen MR) is 77.1 cm³/mol. The van der Waals surface area contributed by atoms with Gasteiger partial charge in [0.15, 0.2) is 6.23 Å². The Morgan fingerprint density at radius 3 is 2.29 bits per heavy atom. The van der Waals surface area contributed by atoms with Crippen LogP contribution in [0, 0.1) is 6.92 Å². The number of hydrogen-bond donors (Lipinski definition) is 3. The van der Waals surface area contributed by atoms with E-state index >= 15 is 0 Å². The van der Waals surface area contributed by atoms with E-state index in [1.807, 2.05) is 6.92 Å². The Morgan fingerprint density at radius 2 is 1.67 bits per heavy atom. The number of aromatic hydroxyl groups is 1. The standard InChI is InChI=1S/C16H15NO4/c1-10-6-8-11(9-7-10)14(19)16(21)17-15(20)12-4-2-3-5-13(12)18/h2-9,16,18,21H,1H3,(H,17,20)/t16-/m0/s1. The number of para-hydroxylation sites is 1. The molecule has 0 unspecified atom stereocenters. The minimum Gasteiger partial charge on any atom is -0.507 e. The van der Waals surface area contributed by atoms with Crippen molar-refractivity contribution in [1.29, 1.82) is 0 Å². The molecule has 0 aliphatic rings. The number of ketones is 1. The van der Waals surface area contributed by atoms with Gasteiger partial charge in [-0.1, -0.05) is 42.0 Å². The molecule has 0 radical (unpaired) electrons. The highest BCUT2D eigenvalue weighted by Crippen LogP contribution is 2.15. The summed E-state index contributed by atoms with van der Waals surface area (Å²) in [4.78, 5) is 23.9. The second-order valence-corrected chi connectivity index (χ2v) is 4.62. The number of rotatable bonds is 4. The summed E-state index contributed by atoms with van der Waals surface area (Å²) in [5.74, 6) is -1.55. The second-order valence-electron chi connectivity index (χ2n) is 4.62. The first kappa shape index (κ1) is 14.7. The number of amides is 1.